The molecule has 1 aromatic carbocycles. The van der Waals surface area contributed by atoms with E-state index < -0.39 is 0 Å². The van der Waals surface area contributed by atoms with Crippen LogP contribution in [0.4, 0.5) is 5.69 Å². The van der Waals surface area contributed by atoms with Crippen molar-refractivity contribution in [2.45, 2.75) is 19.9 Å². The molecule has 2 rings (SSSR count). The molecule has 19 heavy (non-hydrogen) atoms. The smallest absolute Gasteiger partial charge is 0.120 e. The Hall–Kier alpha value is -1.74. The Labute approximate surface area is 115 Å². The summed E-state index contributed by atoms with van der Waals surface area (Å²) in [7, 11) is 2.13. The predicted molar refractivity (Wildman–Crippen MR) is 79.6 cm³/mol. The number of para-hydroxylation sites is 1. The number of benzene rings is 1. The molecule has 0 saturated carbocycles. The predicted octanol–water partition coefficient (Wildman–Crippen LogP) is 3.38. The van der Waals surface area contributed by atoms with E-state index in [0.29, 0.717) is 0 Å². The third kappa shape index (κ3) is 3.61. The lowest BCUT2D eigenvalue weighted by Crippen LogP contribution is -2.30. The van der Waals surface area contributed by atoms with Gasteiger partial charge in [-0.1, -0.05) is 18.2 Å². The van der Waals surface area contributed by atoms with Crippen LogP contribution in [0.15, 0.2) is 47.1 Å². The van der Waals surface area contributed by atoms with Gasteiger partial charge in [0.05, 0.1) is 12.3 Å². The zero-order chi connectivity index (χ0) is 13.7. The SMILES string of the molecule is Cc1ccccc1N(C)CCNC(C)c1ccco1. The van der Waals surface area contributed by atoms with E-state index in [1.165, 1.54) is 11.3 Å². The van der Waals surface area contributed by atoms with Gasteiger partial charge in [-0.3, -0.25) is 0 Å². The lowest BCUT2D eigenvalue weighted by atomic mass is 10.2. The second-order valence-corrected chi connectivity index (χ2v) is 4.90. The first-order valence-electron chi connectivity index (χ1n) is 6.72. The number of nitrogens with one attached hydrogen (secondary N) is 1. The Morgan fingerprint density at radius 3 is 2.68 bits per heavy atom. The molecule has 0 fully saturated rings. The Kier molecular flexibility index (Phi) is 4.63. The highest BCUT2D eigenvalue weighted by Crippen LogP contribution is 2.17. The van der Waals surface area contributed by atoms with Gasteiger partial charge in [-0.05, 0) is 37.6 Å². The monoisotopic (exact) mass is 258 g/mol. The van der Waals surface area contributed by atoms with E-state index in [0.717, 1.165) is 18.8 Å². The molecule has 1 N–H and O–H groups in total. The third-order valence-electron chi connectivity index (χ3n) is 3.39. The lowest BCUT2D eigenvalue weighted by molar-refractivity contribution is 0.433. The van der Waals surface area contributed by atoms with Crippen molar-refractivity contribution in [1.29, 1.82) is 0 Å². The molecule has 1 unspecified atom stereocenters. The van der Waals surface area contributed by atoms with Crippen LogP contribution in [-0.2, 0) is 0 Å². The van der Waals surface area contributed by atoms with Gasteiger partial charge in [-0.25, -0.2) is 0 Å². The number of nitrogens with zero attached hydrogens (tertiary/aromatic N) is 1. The molecule has 1 aromatic heterocycles. The minimum absolute atomic E-state index is 0.250. The van der Waals surface area contributed by atoms with Crippen molar-refractivity contribution in [2.24, 2.45) is 0 Å². The van der Waals surface area contributed by atoms with Crippen LogP contribution in [0.5, 0.6) is 0 Å². The van der Waals surface area contributed by atoms with Gasteiger partial charge in [-0.15, -0.1) is 0 Å². The van der Waals surface area contributed by atoms with Crippen molar-refractivity contribution in [3.05, 3.63) is 54.0 Å². The van der Waals surface area contributed by atoms with Crippen molar-refractivity contribution in [1.82, 2.24) is 5.32 Å². The summed E-state index contributed by atoms with van der Waals surface area (Å²) in [6.07, 6.45) is 1.72. The van der Waals surface area contributed by atoms with Crippen LogP contribution >= 0.6 is 0 Å². The summed E-state index contributed by atoms with van der Waals surface area (Å²) in [5, 5.41) is 3.47. The van der Waals surface area contributed by atoms with Crippen LogP contribution in [0.25, 0.3) is 0 Å². The minimum Gasteiger partial charge on any atom is -0.468 e. The second-order valence-electron chi connectivity index (χ2n) is 4.90. The Morgan fingerprint density at radius 1 is 1.21 bits per heavy atom. The second kappa shape index (κ2) is 6.43. The summed E-state index contributed by atoms with van der Waals surface area (Å²) < 4.78 is 5.38. The lowest BCUT2D eigenvalue weighted by Gasteiger charge is -2.22. The van der Waals surface area contributed by atoms with E-state index in [2.05, 4.69) is 55.4 Å². The first kappa shape index (κ1) is 13.7. The molecule has 0 aliphatic carbocycles. The number of aryl methyl sites for hydroxylation is 1. The Morgan fingerprint density at radius 2 is 2.00 bits per heavy atom. The first-order chi connectivity index (χ1) is 9.18. The maximum Gasteiger partial charge on any atom is 0.120 e. The molecule has 0 spiro atoms. The highest BCUT2D eigenvalue weighted by molar-refractivity contribution is 5.52. The van der Waals surface area contributed by atoms with E-state index in [1.807, 2.05) is 12.1 Å². The van der Waals surface area contributed by atoms with Crippen molar-refractivity contribution in [3.63, 3.8) is 0 Å². The quantitative estimate of drug-likeness (QED) is 0.861. The maximum atomic E-state index is 5.38. The number of rotatable bonds is 6. The summed E-state index contributed by atoms with van der Waals surface area (Å²) in [6.45, 7) is 6.15. The molecule has 3 heteroatoms. The molecule has 102 valence electrons. The standard InChI is InChI=1S/C16H22N2O/c1-13-7-4-5-8-15(13)18(3)11-10-17-14(2)16-9-6-12-19-16/h4-9,12,14,17H,10-11H2,1-3H3. The van der Waals surface area contributed by atoms with E-state index >= 15 is 0 Å². The van der Waals surface area contributed by atoms with Gasteiger partial charge in [0.15, 0.2) is 0 Å². The van der Waals surface area contributed by atoms with Crippen molar-refractivity contribution in [3.8, 4) is 0 Å². The zero-order valence-corrected chi connectivity index (χ0v) is 11.9. The van der Waals surface area contributed by atoms with Crippen LogP contribution in [0.3, 0.4) is 0 Å². The summed E-state index contributed by atoms with van der Waals surface area (Å²) in [4.78, 5) is 2.27. The fraction of sp³-hybridized carbons (Fsp3) is 0.375. The molecule has 0 aliphatic heterocycles. The van der Waals surface area contributed by atoms with Gasteiger partial charge in [0.2, 0.25) is 0 Å². The number of hydrogen-bond acceptors (Lipinski definition) is 3. The molecule has 0 amide bonds. The zero-order valence-electron chi connectivity index (χ0n) is 11.9. The van der Waals surface area contributed by atoms with E-state index in [1.54, 1.807) is 6.26 Å². The van der Waals surface area contributed by atoms with Crippen LogP contribution in [0.2, 0.25) is 0 Å². The van der Waals surface area contributed by atoms with Crippen molar-refractivity contribution < 1.29 is 4.42 Å². The topological polar surface area (TPSA) is 28.4 Å². The Balaban J connectivity index is 1.81. The third-order valence-corrected chi connectivity index (χ3v) is 3.39. The molecule has 1 heterocycles. The summed E-state index contributed by atoms with van der Waals surface area (Å²) >= 11 is 0. The molecule has 2 aromatic rings. The van der Waals surface area contributed by atoms with Gasteiger partial charge < -0.3 is 14.6 Å². The van der Waals surface area contributed by atoms with Crippen molar-refractivity contribution in [2.75, 3.05) is 25.0 Å². The molecular weight excluding hydrogens is 236 g/mol. The molecular formula is C16H22N2O. The van der Waals surface area contributed by atoms with Gasteiger partial charge >= 0.3 is 0 Å². The average Bonchev–Trinajstić information content (AvgIpc) is 2.93. The molecule has 1 atom stereocenters. The van der Waals surface area contributed by atoms with Crippen LogP contribution in [0.1, 0.15) is 24.3 Å². The maximum absolute atomic E-state index is 5.38. The average molecular weight is 258 g/mol. The molecule has 3 nitrogen and oxygen atoms in total. The number of hydrogen-bond donors (Lipinski definition) is 1. The first-order valence-corrected chi connectivity index (χ1v) is 6.72. The van der Waals surface area contributed by atoms with E-state index in [-0.39, 0.29) is 6.04 Å². The number of likely N-dealkylation sites (N-methyl/N-ethyl adjacent to an activating group) is 1. The summed E-state index contributed by atoms with van der Waals surface area (Å²) in [6, 6.07) is 12.6. The summed E-state index contributed by atoms with van der Waals surface area (Å²) in [5.74, 6) is 0.985. The van der Waals surface area contributed by atoms with Gasteiger partial charge in [0.1, 0.15) is 5.76 Å². The molecule has 0 saturated heterocycles. The van der Waals surface area contributed by atoms with E-state index in [9.17, 15) is 0 Å². The fourth-order valence-electron chi connectivity index (χ4n) is 2.20. The van der Waals surface area contributed by atoms with Crippen molar-refractivity contribution >= 4 is 5.69 Å². The minimum atomic E-state index is 0.250. The summed E-state index contributed by atoms with van der Waals surface area (Å²) in [5.41, 5.74) is 2.60. The number of furan rings is 1. The molecule has 0 radical (unpaired) electrons. The van der Waals surface area contributed by atoms with Gasteiger partial charge in [-0.2, -0.15) is 0 Å². The highest BCUT2D eigenvalue weighted by atomic mass is 16.3. The van der Waals surface area contributed by atoms with Gasteiger partial charge in [0.25, 0.3) is 0 Å². The van der Waals surface area contributed by atoms with E-state index in [4.69, 9.17) is 4.42 Å². The highest BCUT2D eigenvalue weighted by Gasteiger charge is 2.08. The molecule has 0 bridgehead atoms. The normalized spacial score (nSPS) is 12.4. The van der Waals surface area contributed by atoms with Crippen LogP contribution in [-0.4, -0.2) is 20.1 Å². The van der Waals surface area contributed by atoms with Crippen LogP contribution in [0, 0.1) is 6.92 Å². The molecule has 0 aliphatic rings. The number of anilines is 1. The van der Waals surface area contributed by atoms with Crippen LogP contribution < -0.4 is 10.2 Å². The van der Waals surface area contributed by atoms with Gasteiger partial charge in [0, 0.05) is 25.8 Å². The largest absolute Gasteiger partial charge is 0.468 e. The Bertz CT molecular complexity index is 493. The fourth-order valence-corrected chi connectivity index (χ4v) is 2.20.